The molecule has 9 nitrogen and oxygen atoms in total. The molecule has 54 heavy (non-hydrogen) atoms. The molecule has 314 valence electrons. The second-order valence-corrected chi connectivity index (χ2v) is 15.1. The average molecular weight is 764 g/mol. The van der Waals surface area contributed by atoms with Crippen molar-refractivity contribution < 1.29 is 39.8 Å². The molecule has 0 aliphatic carbocycles. The van der Waals surface area contributed by atoms with Crippen molar-refractivity contribution in [2.45, 2.75) is 217 Å². The molecule has 7 unspecified atom stereocenters. The molecular formula is C45H81NO8. The predicted molar refractivity (Wildman–Crippen MR) is 221 cm³/mol. The summed E-state index contributed by atoms with van der Waals surface area (Å²) in [7, 11) is 0. The summed E-state index contributed by atoms with van der Waals surface area (Å²) in [6, 6.07) is -0.810. The van der Waals surface area contributed by atoms with Gasteiger partial charge in [-0.25, -0.2) is 0 Å². The maximum atomic E-state index is 12.9. The molecule has 0 saturated carbocycles. The zero-order valence-corrected chi connectivity index (χ0v) is 34.2. The van der Waals surface area contributed by atoms with E-state index in [0.717, 1.165) is 64.2 Å². The Morgan fingerprint density at radius 2 is 1.09 bits per heavy atom. The Morgan fingerprint density at radius 3 is 1.61 bits per heavy atom. The quantitative estimate of drug-likeness (QED) is 0.0278. The lowest BCUT2D eigenvalue weighted by Crippen LogP contribution is -2.60. The number of carbonyl (C=O) groups is 1. The molecule has 1 rings (SSSR count). The Morgan fingerprint density at radius 1 is 0.630 bits per heavy atom. The van der Waals surface area contributed by atoms with Crippen molar-refractivity contribution in [3.8, 4) is 0 Å². The van der Waals surface area contributed by atoms with E-state index in [2.05, 4.69) is 55.6 Å². The SMILES string of the molecule is CCCCCCC/C=C\C/C=C\C/C=C\CCCCCCCCC(=O)NC(COC1OC(CO)C(O)C(O)C1O)C(O)/C=C/CCCCCCCCCC. The summed E-state index contributed by atoms with van der Waals surface area (Å²) in [4.78, 5) is 12.9. The number of aliphatic hydroxyl groups is 5. The molecule has 1 heterocycles. The van der Waals surface area contributed by atoms with Crippen LogP contribution in [-0.4, -0.2) is 87.5 Å². The van der Waals surface area contributed by atoms with Gasteiger partial charge in [0.15, 0.2) is 6.29 Å². The minimum absolute atomic E-state index is 0.194. The van der Waals surface area contributed by atoms with Crippen molar-refractivity contribution in [3.63, 3.8) is 0 Å². The Kier molecular flexibility index (Phi) is 33.0. The number of nitrogens with one attached hydrogen (secondary N) is 1. The lowest BCUT2D eigenvalue weighted by Gasteiger charge is -2.40. The molecule has 0 aromatic carbocycles. The van der Waals surface area contributed by atoms with E-state index in [-0.39, 0.29) is 12.5 Å². The molecule has 6 N–H and O–H groups in total. The molecule has 7 atom stereocenters. The molecule has 0 bridgehead atoms. The molecule has 1 aliphatic heterocycles. The third-order valence-corrected chi connectivity index (χ3v) is 10.1. The molecule has 0 aromatic heterocycles. The molecule has 9 heteroatoms. The molecule has 0 spiro atoms. The van der Waals surface area contributed by atoms with E-state index in [1.807, 2.05) is 6.08 Å². The van der Waals surface area contributed by atoms with E-state index >= 15 is 0 Å². The molecule has 1 aliphatic rings. The van der Waals surface area contributed by atoms with Crippen LogP contribution in [0.5, 0.6) is 0 Å². The van der Waals surface area contributed by atoms with Gasteiger partial charge in [0.05, 0.1) is 25.4 Å². The van der Waals surface area contributed by atoms with Crippen molar-refractivity contribution >= 4 is 5.91 Å². The van der Waals surface area contributed by atoms with Gasteiger partial charge in [0.1, 0.15) is 24.4 Å². The first kappa shape index (κ1) is 50.2. The van der Waals surface area contributed by atoms with Gasteiger partial charge in [-0.05, 0) is 57.8 Å². The number of amides is 1. The maximum Gasteiger partial charge on any atom is 0.220 e. The van der Waals surface area contributed by atoms with E-state index in [4.69, 9.17) is 9.47 Å². The summed E-state index contributed by atoms with van der Waals surface area (Å²) in [6.07, 6.45) is 37.2. The second-order valence-electron chi connectivity index (χ2n) is 15.1. The van der Waals surface area contributed by atoms with Gasteiger partial charge in [-0.1, -0.05) is 159 Å². The van der Waals surface area contributed by atoms with Gasteiger partial charge in [-0.15, -0.1) is 0 Å². The zero-order valence-electron chi connectivity index (χ0n) is 34.2. The van der Waals surface area contributed by atoms with Crippen LogP contribution < -0.4 is 5.32 Å². The van der Waals surface area contributed by atoms with E-state index in [9.17, 15) is 30.3 Å². The van der Waals surface area contributed by atoms with Crippen LogP contribution in [0.4, 0.5) is 0 Å². The zero-order chi connectivity index (χ0) is 39.5. The minimum atomic E-state index is -1.57. The monoisotopic (exact) mass is 764 g/mol. The lowest BCUT2D eigenvalue weighted by atomic mass is 9.99. The van der Waals surface area contributed by atoms with Crippen LogP contribution in [0.1, 0.15) is 174 Å². The van der Waals surface area contributed by atoms with Crippen molar-refractivity contribution in [2.75, 3.05) is 13.2 Å². The van der Waals surface area contributed by atoms with E-state index in [1.54, 1.807) is 6.08 Å². The van der Waals surface area contributed by atoms with Gasteiger partial charge >= 0.3 is 0 Å². The molecule has 1 saturated heterocycles. The number of allylic oxidation sites excluding steroid dienone is 7. The maximum absolute atomic E-state index is 12.9. The lowest BCUT2D eigenvalue weighted by molar-refractivity contribution is -0.302. The number of rotatable bonds is 35. The fourth-order valence-electron chi connectivity index (χ4n) is 6.57. The third kappa shape index (κ3) is 26.1. The van der Waals surface area contributed by atoms with Gasteiger partial charge in [-0.3, -0.25) is 4.79 Å². The minimum Gasteiger partial charge on any atom is -0.394 e. The summed E-state index contributed by atoms with van der Waals surface area (Å²) in [6.45, 7) is 3.71. The molecule has 1 amide bonds. The fourth-order valence-corrected chi connectivity index (χ4v) is 6.57. The first-order chi connectivity index (χ1) is 26.3. The second kappa shape index (κ2) is 35.6. The van der Waals surface area contributed by atoms with Gasteiger partial charge < -0.3 is 40.3 Å². The van der Waals surface area contributed by atoms with Gasteiger partial charge in [0.25, 0.3) is 0 Å². The van der Waals surface area contributed by atoms with Crippen LogP contribution in [0, 0.1) is 0 Å². The highest BCUT2D eigenvalue weighted by Gasteiger charge is 2.44. The summed E-state index contributed by atoms with van der Waals surface area (Å²) in [5.74, 6) is -0.194. The van der Waals surface area contributed by atoms with Crippen LogP contribution in [0.3, 0.4) is 0 Å². The molecule has 0 radical (unpaired) electrons. The van der Waals surface area contributed by atoms with Crippen LogP contribution >= 0.6 is 0 Å². The molecular weight excluding hydrogens is 682 g/mol. The van der Waals surface area contributed by atoms with Crippen LogP contribution in [-0.2, 0) is 14.3 Å². The smallest absolute Gasteiger partial charge is 0.220 e. The number of ether oxygens (including phenoxy) is 2. The Hall–Kier alpha value is -1.85. The van der Waals surface area contributed by atoms with Gasteiger partial charge in [0, 0.05) is 6.42 Å². The average Bonchev–Trinajstić information content (AvgIpc) is 3.17. The molecule has 0 aromatic rings. The van der Waals surface area contributed by atoms with Crippen molar-refractivity contribution in [1.82, 2.24) is 5.32 Å². The van der Waals surface area contributed by atoms with Gasteiger partial charge in [-0.2, -0.15) is 0 Å². The van der Waals surface area contributed by atoms with Crippen molar-refractivity contribution in [1.29, 1.82) is 0 Å². The number of carbonyl (C=O) groups excluding carboxylic acids is 1. The highest BCUT2D eigenvalue weighted by atomic mass is 16.7. The summed E-state index contributed by atoms with van der Waals surface area (Å²) in [5, 5.41) is 54.0. The first-order valence-corrected chi connectivity index (χ1v) is 21.9. The third-order valence-electron chi connectivity index (χ3n) is 10.1. The summed E-state index contributed by atoms with van der Waals surface area (Å²) in [5.41, 5.74) is 0. The first-order valence-electron chi connectivity index (χ1n) is 21.9. The largest absolute Gasteiger partial charge is 0.394 e. The number of unbranched alkanes of at least 4 members (excludes halogenated alkanes) is 19. The van der Waals surface area contributed by atoms with Crippen LogP contribution in [0.25, 0.3) is 0 Å². The standard InChI is InChI=1S/C45H81NO8/c1-3-5-7-9-11-13-15-16-17-18-19-20-21-22-23-24-25-27-29-31-33-35-41(49)46-38(37-53-45-44(52)43(51)42(50)40(36-47)54-45)39(48)34-32-30-28-26-14-12-10-8-6-4-2/h15-16,18-19,21-22,32,34,38-40,42-45,47-48,50-52H,3-14,17,20,23-31,33,35-37H2,1-2H3,(H,46,49)/b16-15-,19-18-,22-21-,34-32+. The van der Waals surface area contributed by atoms with E-state index in [1.165, 1.54) is 89.9 Å². The van der Waals surface area contributed by atoms with Crippen LogP contribution in [0.15, 0.2) is 48.6 Å². The summed E-state index contributed by atoms with van der Waals surface area (Å²) < 4.78 is 11.2. The Bertz CT molecular complexity index is 983. The van der Waals surface area contributed by atoms with E-state index < -0.39 is 49.5 Å². The van der Waals surface area contributed by atoms with Crippen LogP contribution in [0.2, 0.25) is 0 Å². The predicted octanol–water partition coefficient (Wildman–Crippen LogP) is 8.67. The topological polar surface area (TPSA) is 149 Å². The highest BCUT2D eigenvalue weighted by molar-refractivity contribution is 5.76. The Balaban J connectivity index is 2.34. The fraction of sp³-hybridized carbons (Fsp3) is 0.800. The Labute approximate surface area is 329 Å². The number of hydrogen-bond donors (Lipinski definition) is 6. The van der Waals surface area contributed by atoms with E-state index in [0.29, 0.717) is 6.42 Å². The summed E-state index contributed by atoms with van der Waals surface area (Å²) >= 11 is 0. The van der Waals surface area contributed by atoms with Crippen molar-refractivity contribution in [3.05, 3.63) is 48.6 Å². The van der Waals surface area contributed by atoms with Gasteiger partial charge in [0.2, 0.25) is 5.91 Å². The number of aliphatic hydroxyl groups excluding tert-OH is 5. The number of hydrogen-bond acceptors (Lipinski definition) is 8. The van der Waals surface area contributed by atoms with Crippen molar-refractivity contribution in [2.24, 2.45) is 0 Å². The normalized spacial score (nSPS) is 21.9. The highest BCUT2D eigenvalue weighted by Crippen LogP contribution is 2.22. The molecule has 1 fully saturated rings.